The van der Waals surface area contributed by atoms with Crippen LogP contribution in [0.5, 0.6) is 17.2 Å². The molecule has 0 radical (unpaired) electrons. The van der Waals surface area contributed by atoms with Crippen LogP contribution in [0, 0.1) is 6.92 Å². The number of rotatable bonds is 7. The minimum Gasteiger partial charge on any atom is -0.507 e. The Balaban J connectivity index is 2.15. The van der Waals surface area contributed by atoms with Gasteiger partial charge in [-0.3, -0.25) is 4.79 Å². The number of hydrogen-bond donors (Lipinski definition) is 2. The van der Waals surface area contributed by atoms with Crippen LogP contribution in [0.1, 0.15) is 42.1 Å². The first-order valence-electron chi connectivity index (χ1n) is 8.07. The van der Waals surface area contributed by atoms with Crippen LogP contribution in [0.2, 0.25) is 5.02 Å². The highest BCUT2D eigenvalue weighted by molar-refractivity contribution is 6.32. The molecule has 0 saturated carbocycles. The molecule has 0 atom stereocenters. The minimum absolute atomic E-state index is 0.0776. The maximum atomic E-state index is 12.2. The fourth-order valence-electron chi connectivity index (χ4n) is 2.30. The Morgan fingerprint density at radius 3 is 2.75 bits per heavy atom. The van der Waals surface area contributed by atoms with E-state index in [1.54, 1.807) is 12.1 Å². The van der Waals surface area contributed by atoms with E-state index in [1.165, 1.54) is 12.1 Å². The van der Waals surface area contributed by atoms with Crippen LogP contribution in [0.4, 0.5) is 0 Å². The van der Waals surface area contributed by atoms with Gasteiger partial charge in [0, 0.05) is 6.54 Å². The lowest BCUT2D eigenvalue weighted by atomic mass is 10.1. The summed E-state index contributed by atoms with van der Waals surface area (Å²) >= 11 is 6.16. The molecule has 2 aromatic rings. The first-order chi connectivity index (χ1) is 11.5. The van der Waals surface area contributed by atoms with E-state index >= 15 is 0 Å². The van der Waals surface area contributed by atoms with Gasteiger partial charge in [-0.2, -0.15) is 0 Å². The van der Waals surface area contributed by atoms with Crippen molar-refractivity contribution in [2.24, 2.45) is 0 Å². The quantitative estimate of drug-likeness (QED) is 0.688. The summed E-state index contributed by atoms with van der Waals surface area (Å²) in [5.41, 5.74) is 1.08. The van der Waals surface area contributed by atoms with Crippen LogP contribution >= 0.6 is 11.6 Å². The highest BCUT2D eigenvalue weighted by atomic mass is 35.5. The first kappa shape index (κ1) is 18.1. The second kappa shape index (κ2) is 8.60. The molecule has 0 aliphatic heterocycles. The summed E-state index contributed by atoms with van der Waals surface area (Å²) < 4.78 is 5.81. The number of aryl methyl sites for hydroxylation is 1. The van der Waals surface area contributed by atoms with Gasteiger partial charge in [-0.25, -0.2) is 0 Å². The third kappa shape index (κ3) is 4.65. The van der Waals surface area contributed by atoms with Crippen LogP contribution in [0.25, 0.3) is 0 Å². The number of halogens is 1. The highest BCUT2D eigenvalue weighted by Crippen LogP contribution is 2.34. The number of aromatic hydroxyl groups is 1. The zero-order valence-corrected chi connectivity index (χ0v) is 14.7. The molecule has 5 heteroatoms. The van der Waals surface area contributed by atoms with Gasteiger partial charge in [-0.1, -0.05) is 43.5 Å². The summed E-state index contributed by atoms with van der Waals surface area (Å²) in [4.78, 5) is 12.2. The van der Waals surface area contributed by atoms with Crippen LogP contribution in [0.3, 0.4) is 0 Å². The number of phenols is 1. The fraction of sp³-hybridized carbons (Fsp3) is 0.316. The number of phenolic OH excluding ortho intramolecular Hbond substituents is 1. The van der Waals surface area contributed by atoms with Gasteiger partial charge in [-0.15, -0.1) is 0 Å². The van der Waals surface area contributed by atoms with Crippen molar-refractivity contribution in [3.63, 3.8) is 0 Å². The van der Waals surface area contributed by atoms with Gasteiger partial charge in [0.2, 0.25) is 0 Å². The number of unbranched alkanes of at least 4 members (excludes halogenated alkanes) is 2. The molecule has 2 rings (SSSR count). The molecule has 0 fully saturated rings. The number of carbonyl (C=O) groups is 1. The van der Waals surface area contributed by atoms with Crippen molar-refractivity contribution in [1.29, 1.82) is 0 Å². The second-order valence-corrected chi connectivity index (χ2v) is 6.04. The number of ether oxygens (including phenoxy) is 1. The Morgan fingerprint density at radius 1 is 1.25 bits per heavy atom. The Morgan fingerprint density at radius 2 is 2.04 bits per heavy atom. The van der Waals surface area contributed by atoms with Crippen molar-refractivity contribution in [3.8, 4) is 17.2 Å². The molecular formula is C19H22ClNO3. The average molecular weight is 348 g/mol. The van der Waals surface area contributed by atoms with Crippen LogP contribution in [-0.2, 0) is 0 Å². The number of hydrogen-bond acceptors (Lipinski definition) is 3. The molecule has 4 nitrogen and oxygen atoms in total. The Kier molecular flexibility index (Phi) is 6.50. The minimum atomic E-state index is -0.315. The van der Waals surface area contributed by atoms with Crippen LogP contribution < -0.4 is 10.1 Å². The van der Waals surface area contributed by atoms with E-state index in [4.69, 9.17) is 16.3 Å². The monoisotopic (exact) mass is 347 g/mol. The molecule has 0 spiro atoms. The summed E-state index contributed by atoms with van der Waals surface area (Å²) in [5.74, 6) is 0.595. The average Bonchev–Trinajstić information content (AvgIpc) is 2.56. The molecular weight excluding hydrogens is 326 g/mol. The van der Waals surface area contributed by atoms with E-state index in [0.717, 1.165) is 24.8 Å². The third-order valence-corrected chi connectivity index (χ3v) is 3.96. The molecule has 0 aliphatic rings. The van der Waals surface area contributed by atoms with Crippen molar-refractivity contribution in [2.45, 2.75) is 33.1 Å². The predicted octanol–water partition coefficient (Wildman–Crippen LogP) is 5.07. The molecule has 1 amide bonds. The summed E-state index contributed by atoms with van der Waals surface area (Å²) in [6, 6.07) is 10.0. The standard InChI is InChI=1S/C19H22ClNO3/c1-3-4-5-11-21-19(23)15-12-14(9-10-17(15)22)24-18-13(2)7-6-8-16(18)20/h6-10,12,22H,3-5,11H2,1-2H3,(H,21,23). The van der Waals surface area contributed by atoms with Gasteiger partial charge in [0.1, 0.15) is 17.2 Å². The van der Waals surface area contributed by atoms with Gasteiger partial charge in [-0.05, 0) is 43.2 Å². The molecule has 0 aromatic heterocycles. The summed E-state index contributed by atoms with van der Waals surface area (Å²) in [6.45, 7) is 4.58. The van der Waals surface area contributed by atoms with Crippen LogP contribution in [0.15, 0.2) is 36.4 Å². The van der Waals surface area contributed by atoms with E-state index in [-0.39, 0.29) is 17.2 Å². The molecule has 0 unspecified atom stereocenters. The van der Waals surface area contributed by atoms with E-state index in [2.05, 4.69) is 12.2 Å². The molecule has 0 heterocycles. The summed E-state index contributed by atoms with van der Waals surface area (Å²) in [6.07, 6.45) is 3.06. The van der Waals surface area contributed by atoms with Gasteiger partial charge in [0.15, 0.2) is 0 Å². The van der Waals surface area contributed by atoms with Crippen LogP contribution in [-0.4, -0.2) is 17.6 Å². The maximum absolute atomic E-state index is 12.2. The third-order valence-electron chi connectivity index (χ3n) is 3.66. The smallest absolute Gasteiger partial charge is 0.255 e. The number of amides is 1. The van der Waals surface area contributed by atoms with Crippen molar-refractivity contribution < 1.29 is 14.6 Å². The zero-order chi connectivity index (χ0) is 17.5. The van der Waals surface area contributed by atoms with Crippen molar-refractivity contribution in [1.82, 2.24) is 5.32 Å². The van der Waals surface area contributed by atoms with E-state index < -0.39 is 0 Å². The SMILES string of the molecule is CCCCCNC(=O)c1cc(Oc2c(C)cccc2Cl)ccc1O. The molecule has 2 N–H and O–H groups in total. The van der Waals surface area contributed by atoms with Gasteiger partial charge < -0.3 is 15.2 Å². The van der Waals surface area contributed by atoms with Gasteiger partial charge in [0.05, 0.1) is 10.6 Å². The van der Waals surface area contributed by atoms with E-state index in [9.17, 15) is 9.90 Å². The largest absolute Gasteiger partial charge is 0.507 e. The lowest BCUT2D eigenvalue weighted by Gasteiger charge is -2.12. The van der Waals surface area contributed by atoms with Crippen molar-refractivity contribution in [3.05, 3.63) is 52.5 Å². The lowest BCUT2D eigenvalue weighted by molar-refractivity contribution is 0.0950. The number of carbonyl (C=O) groups excluding carboxylic acids is 1. The highest BCUT2D eigenvalue weighted by Gasteiger charge is 2.14. The number of para-hydroxylation sites is 1. The maximum Gasteiger partial charge on any atom is 0.255 e. The van der Waals surface area contributed by atoms with Crippen molar-refractivity contribution >= 4 is 17.5 Å². The second-order valence-electron chi connectivity index (χ2n) is 5.63. The molecule has 0 bridgehead atoms. The zero-order valence-electron chi connectivity index (χ0n) is 13.9. The predicted molar refractivity (Wildman–Crippen MR) is 96.2 cm³/mol. The molecule has 128 valence electrons. The lowest BCUT2D eigenvalue weighted by Crippen LogP contribution is -2.24. The Labute approximate surface area is 147 Å². The number of benzene rings is 2. The van der Waals surface area contributed by atoms with Crippen molar-refractivity contribution in [2.75, 3.05) is 6.54 Å². The number of nitrogens with one attached hydrogen (secondary N) is 1. The molecule has 0 aliphatic carbocycles. The molecule has 2 aromatic carbocycles. The first-order valence-corrected chi connectivity index (χ1v) is 8.45. The fourth-order valence-corrected chi connectivity index (χ4v) is 2.56. The van der Waals surface area contributed by atoms with E-state index in [0.29, 0.717) is 23.1 Å². The Bertz CT molecular complexity index is 696. The topological polar surface area (TPSA) is 58.6 Å². The molecule has 24 heavy (non-hydrogen) atoms. The van der Waals surface area contributed by atoms with Gasteiger partial charge >= 0.3 is 0 Å². The normalized spacial score (nSPS) is 10.5. The molecule has 0 saturated heterocycles. The summed E-state index contributed by atoms with van der Waals surface area (Å²) in [7, 11) is 0. The van der Waals surface area contributed by atoms with Gasteiger partial charge in [0.25, 0.3) is 5.91 Å². The Hall–Kier alpha value is -2.20. The summed E-state index contributed by atoms with van der Waals surface area (Å²) in [5, 5.41) is 13.2. The van der Waals surface area contributed by atoms with E-state index in [1.807, 2.05) is 19.1 Å².